The van der Waals surface area contributed by atoms with Gasteiger partial charge in [0.25, 0.3) is 0 Å². The van der Waals surface area contributed by atoms with Gasteiger partial charge in [-0.05, 0) is 30.3 Å². The summed E-state index contributed by atoms with van der Waals surface area (Å²) < 4.78 is 25.9. The summed E-state index contributed by atoms with van der Waals surface area (Å²) in [5.74, 6) is -1.69. The highest BCUT2D eigenvalue weighted by atomic mass is 32.2. The van der Waals surface area contributed by atoms with Crippen molar-refractivity contribution in [3.8, 4) is 0 Å². The summed E-state index contributed by atoms with van der Waals surface area (Å²) in [6.07, 6.45) is 0. The fourth-order valence-corrected chi connectivity index (χ4v) is 2.62. The Hall–Kier alpha value is -2.41. The van der Waals surface area contributed by atoms with Crippen LogP contribution in [0.1, 0.15) is 0 Å². The van der Waals surface area contributed by atoms with Crippen LogP contribution in [0.15, 0.2) is 47.4 Å². The van der Waals surface area contributed by atoms with E-state index < -0.39 is 11.6 Å². The number of thioether (sulfide) groups is 1. The molecule has 0 bridgehead atoms. The summed E-state index contributed by atoms with van der Waals surface area (Å²) in [5.41, 5.74) is 1.58. The largest absolute Gasteiger partial charge is 0.324 e. The smallest absolute Gasteiger partial charge is 0.237 e. The number of hydrogen-bond acceptors (Lipinski definition) is 3. The minimum atomic E-state index is -0.928. The average molecular weight is 319 g/mol. The molecule has 1 heterocycles. The summed E-state index contributed by atoms with van der Waals surface area (Å²) in [6.45, 7) is 0. The molecule has 0 aliphatic carbocycles. The lowest BCUT2D eigenvalue weighted by Crippen LogP contribution is -2.14. The predicted octanol–water partition coefficient (Wildman–Crippen LogP) is 3.57. The lowest BCUT2D eigenvalue weighted by atomic mass is 10.3. The molecule has 0 saturated carbocycles. The van der Waals surface area contributed by atoms with Gasteiger partial charge in [-0.15, -0.1) is 11.8 Å². The first-order valence-electron chi connectivity index (χ1n) is 6.44. The second-order valence-electron chi connectivity index (χ2n) is 4.52. The van der Waals surface area contributed by atoms with Crippen LogP contribution in [0, 0.1) is 11.6 Å². The van der Waals surface area contributed by atoms with E-state index in [9.17, 15) is 13.6 Å². The van der Waals surface area contributed by atoms with Crippen LogP contribution in [0.25, 0.3) is 11.0 Å². The Morgan fingerprint density at radius 2 is 2.00 bits per heavy atom. The van der Waals surface area contributed by atoms with Crippen LogP contribution in [-0.4, -0.2) is 21.6 Å². The van der Waals surface area contributed by atoms with Gasteiger partial charge >= 0.3 is 0 Å². The van der Waals surface area contributed by atoms with E-state index in [1.807, 2.05) is 24.3 Å². The lowest BCUT2D eigenvalue weighted by Gasteiger charge is -2.03. The first-order valence-corrected chi connectivity index (χ1v) is 7.43. The maximum Gasteiger partial charge on any atom is 0.237 e. The number of amides is 1. The van der Waals surface area contributed by atoms with E-state index in [1.54, 1.807) is 0 Å². The summed E-state index contributed by atoms with van der Waals surface area (Å²) in [5, 5.41) is 2.63. The van der Waals surface area contributed by atoms with Crippen LogP contribution < -0.4 is 5.32 Å². The van der Waals surface area contributed by atoms with E-state index in [4.69, 9.17) is 0 Å². The molecular formula is C15H11F2N3OS. The van der Waals surface area contributed by atoms with Gasteiger partial charge in [-0.25, -0.2) is 13.8 Å². The number of rotatable bonds is 4. The molecule has 0 aliphatic heterocycles. The zero-order valence-electron chi connectivity index (χ0n) is 11.3. The standard InChI is InChI=1S/C15H11F2N3OS/c16-10-6-5-9(7-11(10)17)22-8-14(21)20-15-18-12-3-1-2-4-13(12)19-15/h1-7H,8H2,(H2,18,19,20,21). The first kappa shape index (κ1) is 14.5. The Bertz CT molecular complexity index is 802. The lowest BCUT2D eigenvalue weighted by molar-refractivity contribution is -0.113. The maximum absolute atomic E-state index is 13.1. The van der Waals surface area contributed by atoms with Crippen LogP contribution in [0.4, 0.5) is 14.7 Å². The second kappa shape index (κ2) is 6.15. The van der Waals surface area contributed by atoms with Gasteiger partial charge < -0.3 is 4.98 Å². The number of halogens is 2. The number of aromatic nitrogens is 2. The summed E-state index contributed by atoms with van der Waals surface area (Å²) in [4.78, 5) is 19.5. The molecule has 2 N–H and O–H groups in total. The third kappa shape index (κ3) is 3.25. The highest BCUT2D eigenvalue weighted by molar-refractivity contribution is 8.00. The predicted molar refractivity (Wildman–Crippen MR) is 81.8 cm³/mol. The van der Waals surface area contributed by atoms with Crippen LogP contribution in [0.2, 0.25) is 0 Å². The van der Waals surface area contributed by atoms with Crippen LogP contribution in [0.3, 0.4) is 0 Å². The van der Waals surface area contributed by atoms with Crippen molar-refractivity contribution < 1.29 is 13.6 Å². The number of nitrogens with zero attached hydrogens (tertiary/aromatic N) is 1. The fourth-order valence-electron chi connectivity index (χ4n) is 1.90. The van der Waals surface area contributed by atoms with Crippen molar-refractivity contribution in [1.29, 1.82) is 0 Å². The molecule has 1 amide bonds. The first-order chi connectivity index (χ1) is 10.6. The molecule has 0 spiro atoms. The Labute approximate surface area is 128 Å². The van der Waals surface area contributed by atoms with Crippen LogP contribution in [-0.2, 0) is 4.79 Å². The van der Waals surface area contributed by atoms with Crippen molar-refractivity contribution in [1.82, 2.24) is 9.97 Å². The zero-order valence-corrected chi connectivity index (χ0v) is 12.1. The summed E-state index contributed by atoms with van der Waals surface area (Å²) in [7, 11) is 0. The second-order valence-corrected chi connectivity index (χ2v) is 5.56. The Morgan fingerprint density at radius 3 is 2.77 bits per heavy atom. The van der Waals surface area contributed by atoms with Gasteiger partial charge in [0, 0.05) is 4.90 Å². The Morgan fingerprint density at radius 1 is 1.18 bits per heavy atom. The number of carbonyl (C=O) groups is 1. The number of hydrogen-bond donors (Lipinski definition) is 2. The van der Waals surface area contributed by atoms with Crippen molar-refractivity contribution in [2.75, 3.05) is 11.1 Å². The molecule has 3 rings (SSSR count). The summed E-state index contributed by atoms with van der Waals surface area (Å²) >= 11 is 1.12. The van der Waals surface area contributed by atoms with E-state index in [0.717, 1.165) is 34.9 Å². The fraction of sp³-hybridized carbons (Fsp3) is 0.0667. The van der Waals surface area contributed by atoms with Crippen molar-refractivity contribution in [3.63, 3.8) is 0 Å². The Balaban J connectivity index is 1.61. The van der Waals surface area contributed by atoms with E-state index in [1.165, 1.54) is 6.07 Å². The molecule has 0 radical (unpaired) electrons. The molecular weight excluding hydrogens is 308 g/mol. The molecule has 0 aliphatic rings. The van der Waals surface area contributed by atoms with Gasteiger partial charge in [-0.3, -0.25) is 10.1 Å². The number of imidazole rings is 1. The van der Waals surface area contributed by atoms with Gasteiger partial charge in [0.2, 0.25) is 11.9 Å². The monoisotopic (exact) mass is 319 g/mol. The number of anilines is 1. The average Bonchev–Trinajstić information content (AvgIpc) is 2.90. The van der Waals surface area contributed by atoms with Gasteiger partial charge in [0.05, 0.1) is 16.8 Å². The number of nitrogens with one attached hydrogen (secondary N) is 2. The van der Waals surface area contributed by atoms with Gasteiger partial charge in [-0.2, -0.15) is 0 Å². The molecule has 0 unspecified atom stereocenters. The van der Waals surface area contributed by atoms with Crippen molar-refractivity contribution in [2.45, 2.75) is 4.90 Å². The number of H-pyrrole nitrogens is 1. The van der Waals surface area contributed by atoms with E-state index in [2.05, 4.69) is 15.3 Å². The number of carbonyl (C=O) groups excluding carboxylic acids is 1. The van der Waals surface area contributed by atoms with Crippen molar-refractivity contribution >= 4 is 34.7 Å². The third-order valence-corrected chi connectivity index (χ3v) is 3.90. The number of para-hydroxylation sites is 2. The van der Waals surface area contributed by atoms with E-state index >= 15 is 0 Å². The van der Waals surface area contributed by atoms with Crippen molar-refractivity contribution in [2.24, 2.45) is 0 Å². The normalized spacial score (nSPS) is 10.8. The Kier molecular flexibility index (Phi) is 4.06. The van der Waals surface area contributed by atoms with Crippen molar-refractivity contribution in [3.05, 3.63) is 54.1 Å². The molecule has 2 aromatic carbocycles. The molecule has 7 heteroatoms. The van der Waals surface area contributed by atoms with Gasteiger partial charge in [-0.1, -0.05) is 12.1 Å². The van der Waals surface area contributed by atoms with Gasteiger partial charge in [0.15, 0.2) is 11.6 Å². The van der Waals surface area contributed by atoms with Crippen LogP contribution in [0.5, 0.6) is 0 Å². The minimum Gasteiger partial charge on any atom is -0.324 e. The maximum atomic E-state index is 13.1. The number of aromatic amines is 1. The zero-order chi connectivity index (χ0) is 15.5. The molecule has 0 saturated heterocycles. The molecule has 1 aromatic heterocycles. The third-order valence-electron chi connectivity index (χ3n) is 2.91. The topological polar surface area (TPSA) is 57.8 Å². The molecule has 0 fully saturated rings. The van der Waals surface area contributed by atoms with Crippen LogP contribution >= 0.6 is 11.8 Å². The highest BCUT2D eigenvalue weighted by Gasteiger charge is 2.09. The quantitative estimate of drug-likeness (QED) is 0.723. The highest BCUT2D eigenvalue weighted by Crippen LogP contribution is 2.20. The molecule has 3 aromatic rings. The van der Waals surface area contributed by atoms with E-state index in [0.29, 0.717) is 10.8 Å². The number of benzene rings is 2. The number of fused-ring (bicyclic) bond motifs is 1. The minimum absolute atomic E-state index is 0.0715. The van der Waals surface area contributed by atoms with Gasteiger partial charge in [0.1, 0.15) is 0 Å². The molecule has 112 valence electrons. The summed E-state index contributed by atoms with van der Waals surface area (Å²) in [6, 6.07) is 10.9. The van der Waals surface area contributed by atoms with E-state index in [-0.39, 0.29) is 11.7 Å². The molecule has 4 nitrogen and oxygen atoms in total. The molecule has 22 heavy (non-hydrogen) atoms. The SMILES string of the molecule is O=C(CSc1ccc(F)c(F)c1)Nc1nc2ccccc2[nH]1. The molecule has 0 atom stereocenters.